The number of hydrogen-bond acceptors (Lipinski definition) is 4. The molecule has 8 heteroatoms. The van der Waals surface area contributed by atoms with Crippen LogP contribution in [0.4, 0.5) is 10.1 Å². The fraction of sp³-hybridized carbons (Fsp3) is 0.158. The number of H-pyrrole nitrogens is 1. The Hall–Kier alpha value is -2.57. The number of hydrogen-bond donors (Lipinski definition) is 2. The highest BCUT2D eigenvalue weighted by Crippen LogP contribution is 2.36. The maximum atomic E-state index is 13.8. The first kappa shape index (κ1) is 19.2. The van der Waals surface area contributed by atoms with Crippen LogP contribution >= 0.6 is 23.2 Å². The third-order valence-electron chi connectivity index (χ3n) is 3.89. The van der Waals surface area contributed by atoms with Crippen LogP contribution in [0.25, 0.3) is 10.9 Å². The lowest BCUT2D eigenvalue weighted by molar-refractivity contribution is 0.0521. The SMILES string of the molecule is CCOC(=O)c1[nH]c2cc(Cl)cc(Cl)c2c1NCC(=O)c1ccccc1F. The number of ketones is 1. The molecule has 27 heavy (non-hydrogen) atoms. The summed E-state index contributed by atoms with van der Waals surface area (Å²) in [5.74, 6) is -1.69. The van der Waals surface area contributed by atoms with E-state index < -0.39 is 17.6 Å². The van der Waals surface area contributed by atoms with Gasteiger partial charge in [0.2, 0.25) is 0 Å². The van der Waals surface area contributed by atoms with Gasteiger partial charge in [-0.25, -0.2) is 9.18 Å². The summed E-state index contributed by atoms with van der Waals surface area (Å²) in [6, 6.07) is 8.81. The Labute approximate surface area is 164 Å². The second-order valence-electron chi connectivity index (χ2n) is 5.66. The molecule has 0 spiro atoms. The van der Waals surface area contributed by atoms with Crippen LogP contribution in [0.15, 0.2) is 36.4 Å². The number of ether oxygens (including phenoxy) is 1. The molecular weight excluding hydrogens is 394 g/mol. The Morgan fingerprint density at radius 3 is 2.67 bits per heavy atom. The van der Waals surface area contributed by atoms with E-state index in [0.29, 0.717) is 26.6 Å². The minimum atomic E-state index is -0.612. The highest BCUT2D eigenvalue weighted by atomic mass is 35.5. The first-order valence-electron chi connectivity index (χ1n) is 8.11. The smallest absolute Gasteiger partial charge is 0.356 e. The van der Waals surface area contributed by atoms with Gasteiger partial charge in [0.05, 0.1) is 34.9 Å². The van der Waals surface area contributed by atoms with Gasteiger partial charge in [0.1, 0.15) is 11.5 Å². The number of carbonyl (C=O) groups is 2. The quantitative estimate of drug-likeness (QED) is 0.440. The van der Waals surface area contributed by atoms with Gasteiger partial charge in [-0.2, -0.15) is 0 Å². The number of carbonyl (C=O) groups excluding carboxylic acids is 2. The Balaban J connectivity index is 1.99. The first-order valence-corrected chi connectivity index (χ1v) is 8.87. The monoisotopic (exact) mass is 408 g/mol. The van der Waals surface area contributed by atoms with Crippen LogP contribution in [0.3, 0.4) is 0 Å². The molecule has 1 heterocycles. The largest absolute Gasteiger partial charge is 0.461 e. The van der Waals surface area contributed by atoms with Crippen molar-refractivity contribution < 1.29 is 18.7 Å². The zero-order valence-corrected chi connectivity index (χ0v) is 15.7. The van der Waals surface area contributed by atoms with Crippen LogP contribution in [-0.4, -0.2) is 29.9 Å². The van der Waals surface area contributed by atoms with Crippen molar-refractivity contribution in [3.63, 3.8) is 0 Å². The first-order chi connectivity index (χ1) is 12.9. The van der Waals surface area contributed by atoms with Crippen molar-refractivity contribution in [1.82, 2.24) is 4.98 Å². The van der Waals surface area contributed by atoms with E-state index in [2.05, 4.69) is 10.3 Å². The van der Waals surface area contributed by atoms with E-state index in [9.17, 15) is 14.0 Å². The van der Waals surface area contributed by atoms with Crippen molar-refractivity contribution in [2.45, 2.75) is 6.92 Å². The van der Waals surface area contributed by atoms with Crippen LogP contribution in [-0.2, 0) is 4.74 Å². The van der Waals surface area contributed by atoms with E-state index in [1.165, 1.54) is 24.3 Å². The molecule has 0 aliphatic carbocycles. The average molecular weight is 409 g/mol. The van der Waals surface area contributed by atoms with Crippen molar-refractivity contribution in [3.05, 3.63) is 63.5 Å². The van der Waals surface area contributed by atoms with Crippen LogP contribution in [0.1, 0.15) is 27.8 Å². The normalized spacial score (nSPS) is 10.8. The molecule has 0 bridgehead atoms. The van der Waals surface area contributed by atoms with Crippen LogP contribution < -0.4 is 5.32 Å². The highest BCUT2D eigenvalue weighted by Gasteiger charge is 2.22. The molecule has 0 amide bonds. The fourth-order valence-corrected chi connectivity index (χ4v) is 3.32. The van der Waals surface area contributed by atoms with Gasteiger partial charge in [-0.3, -0.25) is 4.79 Å². The number of halogens is 3. The molecule has 0 saturated heterocycles. The van der Waals surface area contributed by atoms with Gasteiger partial charge < -0.3 is 15.0 Å². The number of benzene rings is 2. The van der Waals surface area contributed by atoms with Crippen molar-refractivity contribution in [1.29, 1.82) is 0 Å². The summed E-state index contributed by atoms with van der Waals surface area (Å²) < 4.78 is 18.9. The molecule has 3 aromatic rings. The Morgan fingerprint density at radius 1 is 1.22 bits per heavy atom. The predicted molar refractivity (Wildman–Crippen MR) is 103 cm³/mol. The number of Topliss-reactive ketones (excluding diaryl/α,β-unsaturated/α-hetero) is 1. The van der Waals surface area contributed by atoms with E-state index >= 15 is 0 Å². The molecule has 0 radical (unpaired) electrons. The predicted octanol–water partition coefficient (Wildman–Crippen LogP) is 5.09. The van der Waals surface area contributed by atoms with Gasteiger partial charge in [-0.1, -0.05) is 35.3 Å². The molecule has 0 aliphatic rings. The number of rotatable bonds is 6. The molecule has 2 aromatic carbocycles. The van der Waals surface area contributed by atoms with E-state index in [4.69, 9.17) is 27.9 Å². The van der Waals surface area contributed by atoms with E-state index in [-0.39, 0.29) is 24.4 Å². The fourth-order valence-electron chi connectivity index (χ4n) is 2.73. The van der Waals surface area contributed by atoms with Crippen LogP contribution in [0, 0.1) is 5.82 Å². The highest BCUT2D eigenvalue weighted by molar-refractivity contribution is 6.40. The zero-order valence-electron chi connectivity index (χ0n) is 14.2. The molecule has 0 fully saturated rings. The number of aromatic amines is 1. The summed E-state index contributed by atoms with van der Waals surface area (Å²) >= 11 is 12.3. The van der Waals surface area contributed by atoms with Crippen molar-refractivity contribution in [2.75, 3.05) is 18.5 Å². The standard InChI is InChI=1S/C19H15Cl2FN2O3/c1-2-27-19(26)18-17(16-12(21)7-10(20)8-14(16)24-18)23-9-15(25)11-5-3-4-6-13(11)22/h3-8,23-24H,2,9H2,1H3. The summed E-state index contributed by atoms with van der Waals surface area (Å²) in [4.78, 5) is 27.6. The maximum absolute atomic E-state index is 13.8. The van der Waals surface area contributed by atoms with Crippen molar-refractivity contribution in [2.24, 2.45) is 0 Å². The molecule has 0 atom stereocenters. The summed E-state index contributed by atoms with van der Waals surface area (Å²) in [7, 11) is 0. The van der Waals surface area contributed by atoms with E-state index in [1.54, 1.807) is 19.1 Å². The average Bonchev–Trinajstić information content (AvgIpc) is 2.99. The van der Waals surface area contributed by atoms with Crippen molar-refractivity contribution in [3.8, 4) is 0 Å². The Kier molecular flexibility index (Phi) is 5.68. The van der Waals surface area contributed by atoms with Gasteiger partial charge in [0.15, 0.2) is 5.78 Å². The van der Waals surface area contributed by atoms with Crippen LogP contribution in [0.5, 0.6) is 0 Å². The minimum absolute atomic E-state index is 0.0448. The Morgan fingerprint density at radius 2 is 1.96 bits per heavy atom. The molecule has 3 rings (SSSR count). The zero-order chi connectivity index (χ0) is 19.6. The third-order valence-corrected chi connectivity index (χ3v) is 4.41. The van der Waals surface area contributed by atoms with Gasteiger partial charge in [0, 0.05) is 10.4 Å². The molecule has 5 nitrogen and oxygen atoms in total. The van der Waals surface area contributed by atoms with Crippen LogP contribution in [0.2, 0.25) is 10.0 Å². The van der Waals surface area contributed by atoms with E-state index in [1.807, 2.05) is 0 Å². The third kappa shape index (κ3) is 3.91. The number of anilines is 1. The maximum Gasteiger partial charge on any atom is 0.356 e. The second-order valence-corrected chi connectivity index (χ2v) is 6.51. The Bertz CT molecular complexity index is 1030. The van der Waals surface area contributed by atoms with Gasteiger partial charge in [0.25, 0.3) is 0 Å². The molecular formula is C19H15Cl2FN2O3. The summed E-state index contributed by atoms with van der Waals surface area (Å²) in [5.41, 5.74) is 0.875. The lowest BCUT2D eigenvalue weighted by atomic mass is 10.1. The summed E-state index contributed by atoms with van der Waals surface area (Å²) in [5, 5.41) is 4.06. The lowest BCUT2D eigenvalue weighted by Crippen LogP contribution is -2.17. The molecule has 2 N–H and O–H groups in total. The van der Waals surface area contributed by atoms with Gasteiger partial charge in [-0.05, 0) is 31.2 Å². The molecule has 1 aromatic heterocycles. The topological polar surface area (TPSA) is 71.2 Å². The lowest BCUT2D eigenvalue weighted by Gasteiger charge is -2.09. The summed E-state index contributed by atoms with van der Waals surface area (Å²) in [6.45, 7) is 1.62. The number of esters is 1. The summed E-state index contributed by atoms with van der Waals surface area (Å²) in [6.07, 6.45) is 0. The molecule has 0 saturated carbocycles. The number of fused-ring (bicyclic) bond motifs is 1. The van der Waals surface area contributed by atoms with Gasteiger partial charge in [-0.15, -0.1) is 0 Å². The molecule has 140 valence electrons. The van der Waals surface area contributed by atoms with Gasteiger partial charge >= 0.3 is 5.97 Å². The molecule has 0 unspecified atom stereocenters. The minimum Gasteiger partial charge on any atom is -0.461 e. The second kappa shape index (κ2) is 7.98. The van der Waals surface area contributed by atoms with Crippen molar-refractivity contribution >= 4 is 51.5 Å². The van der Waals surface area contributed by atoms with E-state index in [0.717, 1.165) is 0 Å². The number of aromatic nitrogens is 1. The molecule has 0 aliphatic heterocycles. The number of nitrogens with one attached hydrogen (secondary N) is 2.